The van der Waals surface area contributed by atoms with Crippen LogP contribution in [0, 0.1) is 5.92 Å². The van der Waals surface area contributed by atoms with Crippen molar-refractivity contribution in [2.24, 2.45) is 11.7 Å². The second kappa shape index (κ2) is 7.27. The molecule has 122 valence electrons. The Labute approximate surface area is 144 Å². The van der Waals surface area contributed by atoms with Crippen molar-refractivity contribution in [3.05, 3.63) is 46.6 Å². The van der Waals surface area contributed by atoms with Crippen LogP contribution in [0.5, 0.6) is 0 Å². The minimum absolute atomic E-state index is 0.0184. The van der Waals surface area contributed by atoms with Crippen molar-refractivity contribution in [3.8, 4) is 0 Å². The van der Waals surface area contributed by atoms with Crippen LogP contribution in [0.1, 0.15) is 31.2 Å². The molecule has 1 heterocycles. The molecule has 3 N–H and O–H groups in total. The number of hydrogen-bond donors (Lipinski definition) is 2. The lowest BCUT2D eigenvalue weighted by Gasteiger charge is -2.15. The van der Waals surface area contributed by atoms with Gasteiger partial charge in [0.2, 0.25) is 5.91 Å². The highest BCUT2D eigenvalue weighted by Crippen LogP contribution is 2.27. The fraction of sp³-hybridized carbons (Fsp3) is 0.412. The Kier molecular flexibility index (Phi) is 5.13. The number of rotatable bonds is 5. The number of carbonyl (C=O) groups excluding carboxylic acids is 1. The van der Waals surface area contributed by atoms with Crippen LogP contribution in [-0.2, 0) is 11.3 Å². The molecule has 1 aromatic heterocycles. The van der Waals surface area contributed by atoms with E-state index in [2.05, 4.69) is 26.3 Å². The molecule has 1 aliphatic carbocycles. The zero-order valence-electron chi connectivity index (χ0n) is 12.9. The van der Waals surface area contributed by atoms with Gasteiger partial charge in [-0.1, -0.05) is 34.5 Å². The largest absolute Gasteiger partial charge is 0.327 e. The van der Waals surface area contributed by atoms with Crippen LogP contribution in [0.15, 0.2) is 41.0 Å². The minimum Gasteiger partial charge on any atom is -0.327 e. The lowest BCUT2D eigenvalue weighted by Crippen LogP contribution is -2.28. The van der Waals surface area contributed by atoms with Crippen molar-refractivity contribution in [2.75, 3.05) is 5.32 Å². The molecule has 3 rings (SSSR count). The van der Waals surface area contributed by atoms with Crippen LogP contribution >= 0.6 is 15.9 Å². The summed E-state index contributed by atoms with van der Waals surface area (Å²) in [5.41, 5.74) is 7.17. The van der Waals surface area contributed by atoms with E-state index in [0.717, 1.165) is 35.1 Å². The molecule has 1 saturated carbocycles. The second-order valence-corrected chi connectivity index (χ2v) is 7.02. The summed E-state index contributed by atoms with van der Waals surface area (Å²) in [5, 5.41) is 7.27. The van der Waals surface area contributed by atoms with Crippen molar-refractivity contribution in [2.45, 2.75) is 38.3 Å². The van der Waals surface area contributed by atoms with Gasteiger partial charge in [0, 0.05) is 23.0 Å². The predicted octanol–water partition coefficient (Wildman–Crippen LogP) is 3.15. The molecule has 1 aliphatic rings. The van der Waals surface area contributed by atoms with Gasteiger partial charge in [-0.2, -0.15) is 5.10 Å². The van der Waals surface area contributed by atoms with E-state index in [1.165, 1.54) is 0 Å². The Morgan fingerprint density at radius 3 is 2.78 bits per heavy atom. The summed E-state index contributed by atoms with van der Waals surface area (Å²) in [6.45, 7) is 0.624. The maximum absolute atomic E-state index is 12.2. The number of hydrogen-bond acceptors (Lipinski definition) is 3. The number of nitrogens with zero attached hydrogens (tertiary/aromatic N) is 2. The van der Waals surface area contributed by atoms with Crippen LogP contribution in [0.4, 0.5) is 5.82 Å². The number of aromatic nitrogens is 2. The molecule has 0 bridgehead atoms. The van der Waals surface area contributed by atoms with Crippen molar-refractivity contribution >= 4 is 27.7 Å². The molecule has 0 aliphatic heterocycles. The van der Waals surface area contributed by atoms with Crippen LogP contribution in [-0.4, -0.2) is 21.7 Å². The average molecular weight is 377 g/mol. The predicted molar refractivity (Wildman–Crippen MR) is 94.0 cm³/mol. The number of halogens is 1. The summed E-state index contributed by atoms with van der Waals surface area (Å²) in [6, 6.07) is 10.1. The van der Waals surface area contributed by atoms with Crippen molar-refractivity contribution in [1.82, 2.24) is 9.78 Å². The Balaban J connectivity index is 1.61. The van der Waals surface area contributed by atoms with E-state index in [4.69, 9.17) is 5.73 Å². The molecule has 2 aromatic rings. The highest BCUT2D eigenvalue weighted by atomic mass is 79.9. The van der Waals surface area contributed by atoms with Gasteiger partial charge in [0.15, 0.2) is 0 Å². The van der Waals surface area contributed by atoms with Gasteiger partial charge in [-0.15, -0.1) is 0 Å². The number of nitrogens with two attached hydrogens (primary N) is 1. The number of nitrogens with one attached hydrogen (secondary N) is 1. The van der Waals surface area contributed by atoms with Crippen LogP contribution in [0.25, 0.3) is 0 Å². The topological polar surface area (TPSA) is 72.9 Å². The SMILES string of the molecule is N[C@@H]1CCC[C@H]1CC(=O)Nc1ccnn1Cc1ccc(Br)cc1. The van der Waals surface area contributed by atoms with E-state index in [0.29, 0.717) is 18.9 Å². The van der Waals surface area contributed by atoms with Crippen molar-refractivity contribution in [1.29, 1.82) is 0 Å². The number of amides is 1. The molecule has 1 amide bonds. The monoisotopic (exact) mass is 376 g/mol. The maximum Gasteiger partial charge on any atom is 0.225 e. The molecule has 1 aromatic carbocycles. The molecule has 0 spiro atoms. The van der Waals surface area contributed by atoms with Crippen molar-refractivity contribution in [3.63, 3.8) is 0 Å². The third-order valence-corrected chi connectivity index (χ3v) is 4.92. The smallest absolute Gasteiger partial charge is 0.225 e. The number of anilines is 1. The van der Waals surface area contributed by atoms with E-state index in [1.807, 2.05) is 30.3 Å². The Bertz CT molecular complexity index is 667. The fourth-order valence-electron chi connectivity index (χ4n) is 3.08. The lowest BCUT2D eigenvalue weighted by molar-refractivity contribution is -0.117. The van der Waals surface area contributed by atoms with Crippen LogP contribution in [0.3, 0.4) is 0 Å². The Hall–Kier alpha value is -1.66. The van der Waals surface area contributed by atoms with Gasteiger partial charge in [0.1, 0.15) is 5.82 Å². The average Bonchev–Trinajstić information content (AvgIpc) is 3.12. The van der Waals surface area contributed by atoms with E-state index >= 15 is 0 Å². The zero-order valence-corrected chi connectivity index (χ0v) is 14.5. The van der Waals surface area contributed by atoms with Crippen LogP contribution < -0.4 is 11.1 Å². The molecule has 0 saturated heterocycles. The molecule has 1 fully saturated rings. The molecule has 5 nitrogen and oxygen atoms in total. The summed E-state index contributed by atoms with van der Waals surface area (Å²) in [6.07, 6.45) is 5.40. The van der Waals surface area contributed by atoms with E-state index in [1.54, 1.807) is 10.9 Å². The summed E-state index contributed by atoms with van der Waals surface area (Å²) in [4.78, 5) is 12.2. The summed E-state index contributed by atoms with van der Waals surface area (Å²) in [5.74, 6) is 1.05. The van der Waals surface area contributed by atoms with Gasteiger partial charge < -0.3 is 11.1 Å². The second-order valence-electron chi connectivity index (χ2n) is 6.11. The standard InChI is InChI=1S/C17H21BrN4O/c18-14-6-4-12(5-7-14)11-22-16(8-9-20-22)21-17(23)10-13-2-1-3-15(13)19/h4-9,13,15H,1-3,10-11,19H2,(H,21,23)/t13-,15+/m0/s1. The number of carbonyl (C=O) groups is 1. The molecule has 0 radical (unpaired) electrons. The highest BCUT2D eigenvalue weighted by molar-refractivity contribution is 9.10. The zero-order chi connectivity index (χ0) is 16.2. The first-order valence-corrected chi connectivity index (χ1v) is 8.73. The molecular formula is C17H21BrN4O. The van der Waals surface area contributed by atoms with E-state index in [9.17, 15) is 4.79 Å². The molecule has 6 heteroatoms. The van der Waals surface area contributed by atoms with E-state index in [-0.39, 0.29) is 11.9 Å². The Morgan fingerprint density at radius 1 is 1.30 bits per heavy atom. The lowest BCUT2D eigenvalue weighted by atomic mass is 10.00. The normalized spacial score (nSPS) is 20.6. The van der Waals surface area contributed by atoms with Gasteiger partial charge in [-0.3, -0.25) is 4.79 Å². The highest BCUT2D eigenvalue weighted by Gasteiger charge is 2.26. The number of benzene rings is 1. The maximum atomic E-state index is 12.2. The quantitative estimate of drug-likeness (QED) is 0.841. The van der Waals surface area contributed by atoms with Gasteiger partial charge in [-0.25, -0.2) is 4.68 Å². The van der Waals surface area contributed by atoms with Gasteiger partial charge in [-0.05, 0) is 36.5 Å². The molecule has 23 heavy (non-hydrogen) atoms. The summed E-state index contributed by atoms with van der Waals surface area (Å²) in [7, 11) is 0. The minimum atomic E-state index is 0.0184. The van der Waals surface area contributed by atoms with Gasteiger partial charge in [0.05, 0.1) is 12.7 Å². The Morgan fingerprint density at radius 2 is 2.09 bits per heavy atom. The molecular weight excluding hydrogens is 356 g/mol. The first-order valence-electron chi connectivity index (χ1n) is 7.93. The third kappa shape index (κ3) is 4.20. The first-order chi connectivity index (χ1) is 11.1. The van der Waals surface area contributed by atoms with E-state index < -0.39 is 0 Å². The van der Waals surface area contributed by atoms with Gasteiger partial charge >= 0.3 is 0 Å². The molecule has 2 atom stereocenters. The third-order valence-electron chi connectivity index (χ3n) is 4.40. The summed E-state index contributed by atoms with van der Waals surface area (Å²) >= 11 is 3.43. The summed E-state index contributed by atoms with van der Waals surface area (Å²) < 4.78 is 2.85. The van der Waals surface area contributed by atoms with Gasteiger partial charge in [0.25, 0.3) is 0 Å². The van der Waals surface area contributed by atoms with Crippen LogP contribution in [0.2, 0.25) is 0 Å². The first kappa shape index (κ1) is 16.2. The van der Waals surface area contributed by atoms with Crippen molar-refractivity contribution < 1.29 is 4.79 Å². The molecule has 0 unspecified atom stereocenters. The fourth-order valence-corrected chi connectivity index (χ4v) is 3.34.